The van der Waals surface area contributed by atoms with E-state index in [1.807, 2.05) is 4.90 Å². The molecule has 2 aromatic carbocycles. The molecule has 6 N–H and O–H groups in total. The van der Waals surface area contributed by atoms with Gasteiger partial charge in [0.2, 0.25) is 10.0 Å². The molecule has 4 unspecified atom stereocenters. The molecule has 1 aliphatic rings. The molecule has 0 bridgehead atoms. The second kappa shape index (κ2) is 16.9. The summed E-state index contributed by atoms with van der Waals surface area (Å²) in [5.74, 6) is 5.75. The second-order valence-corrected chi connectivity index (χ2v) is 13.4. The van der Waals surface area contributed by atoms with Gasteiger partial charge in [0.15, 0.2) is 0 Å². The first kappa shape index (κ1) is 38.2. The van der Waals surface area contributed by atoms with E-state index in [0.29, 0.717) is 29.7 Å². The van der Waals surface area contributed by atoms with Crippen LogP contribution in [0.2, 0.25) is 0 Å². The zero-order valence-electron chi connectivity index (χ0n) is 27.0. The van der Waals surface area contributed by atoms with Crippen LogP contribution in [0.5, 0.6) is 5.75 Å². The predicted octanol–water partition coefficient (Wildman–Crippen LogP) is 2.14. The molecule has 3 aromatic rings. The van der Waals surface area contributed by atoms with E-state index < -0.39 is 60.3 Å². The lowest BCUT2D eigenvalue weighted by Crippen LogP contribution is -2.50. The third-order valence-corrected chi connectivity index (χ3v) is 9.29. The number of hydrogen-bond donors (Lipinski definition) is 6. The van der Waals surface area contributed by atoms with Crippen LogP contribution in [0.1, 0.15) is 12.1 Å². The lowest BCUT2D eigenvalue weighted by Gasteiger charge is -2.36. The van der Waals surface area contributed by atoms with Gasteiger partial charge in [0, 0.05) is 50.4 Å². The fourth-order valence-corrected chi connectivity index (χ4v) is 6.60. The molecule has 12 nitrogen and oxygen atoms in total. The Morgan fingerprint density at radius 3 is 2.55 bits per heavy atom. The molecule has 0 spiro atoms. The number of methoxy groups -OCH3 is 2. The number of piperidine rings is 1. The number of halogens is 4. The topological polar surface area (TPSA) is 158 Å². The van der Waals surface area contributed by atoms with Crippen LogP contribution >= 0.6 is 0 Å². The second-order valence-electron chi connectivity index (χ2n) is 11.6. The van der Waals surface area contributed by atoms with Gasteiger partial charge >= 0.3 is 6.18 Å². The highest BCUT2D eigenvalue weighted by atomic mass is 32.2. The van der Waals surface area contributed by atoms with Gasteiger partial charge in [0.05, 0.1) is 66.9 Å². The Morgan fingerprint density at radius 2 is 1.88 bits per heavy atom. The molecular weight excluding hydrogens is 674 g/mol. The molecule has 49 heavy (non-hydrogen) atoms. The standard InChI is InChI=1S/C32H41F4N5O7S/c1-47-19-23(44)16-40-12-10-28(26(33)17-40)39-27-6-3-7-30-25(27)13-21(41(30)20-32(34,35)36)5-4-11-37-29-9-8-24(14-31(29)48-2)49(45,46)38-15-22(43)18-42/h3,6-9,13-14,22-23,26,28,37-39,42-44H,10-12,15-20H2,1-2H3. The Balaban J connectivity index is 1.51. The maximum absolute atomic E-state index is 15.2. The molecule has 2 heterocycles. The maximum Gasteiger partial charge on any atom is 0.406 e. The smallest absolute Gasteiger partial charge is 0.406 e. The van der Waals surface area contributed by atoms with Crippen molar-refractivity contribution < 1.29 is 50.8 Å². The van der Waals surface area contributed by atoms with Gasteiger partial charge in [-0.25, -0.2) is 17.5 Å². The fourth-order valence-electron chi connectivity index (χ4n) is 5.52. The van der Waals surface area contributed by atoms with E-state index in [4.69, 9.17) is 14.6 Å². The van der Waals surface area contributed by atoms with Gasteiger partial charge in [-0.3, -0.25) is 4.90 Å². The molecular formula is C32H41F4N5O7S. The van der Waals surface area contributed by atoms with E-state index in [2.05, 4.69) is 27.2 Å². The number of aliphatic hydroxyl groups excluding tert-OH is 3. The molecule has 270 valence electrons. The first-order chi connectivity index (χ1) is 23.2. The highest BCUT2D eigenvalue weighted by molar-refractivity contribution is 7.89. The molecule has 1 aliphatic heterocycles. The summed E-state index contributed by atoms with van der Waals surface area (Å²) < 4.78 is 94.9. The van der Waals surface area contributed by atoms with Gasteiger partial charge in [-0.05, 0) is 42.7 Å². The molecule has 4 rings (SSSR count). The molecule has 0 aliphatic carbocycles. The molecule has 0 saturated carbocycles. The quantitative estimate of drug-likeness (QED) is 0.102. The maximum atomic E-state index is 15.2. The monoisotopic (exact) mass is 715 g/mol. The van der Waals surface area contributed by atoms with Crippen molar-refractivity contribution in [3.05, 3.63) is 48.2 Å². The summed E-state index contributed by atoms with van der Waals surface area (Å²) in [7, 11) is -1.23. The SMILES string of the molecule is COCC(O)CN1CCC(Nc2cccc3c2cc(C#CCNc2ccc(S(=O)(=O)NCC(O)CO)cc2OC)n3CC(F)(F)F)C(F)C1. The molecule has 1 saturated heterocycles. The number of likely N-dealkylation sites (tertiary alicyclic amines) is 1. The number of aliphatic hydroxyl groups is 3. The third-order valence-electron chi connectivity index (χ3n) is 7.86. The Morgan fingerprint density at radius 1 is 1.10 bits per heavy atom. The van der Waals surface area contributed by atoms with E-state index in [9.17, 15) is 31.8 Å². The normalized spacial score (nSPS) is 18.5. The summed E-state index contributed by atoms with van der Waals surface area (Å²) in [5.41, 5.74) is 1.20. The highest BCUT2D eigenvalue weighted by Crippen LogP contribution is 2.32. The van der Waals surface area contributed by atoms with Gasteiger partial charge < -0.3 is 40.0 Å². The van der Waals surface area contributed by atoms with E-state index >= 15 is 4.39 Å². The van der Waals surface area contributed by atoms with E-state index in [-0.39, 0.29) is 48.1 Å². The zero-order valence-corrected chi connectivity index (χ0v) is 27.8. The van der Waals surface area contributed by atoms with E-state index in [1.165, 1.54) is 38.5 Å². The number of ether oxygens (including phenoxy) is 2. The first-order valence-electron chi connectivity index (χ1n) is 15.4. The van der Waals surface area contributed by atoms with Crippen molar-refractivity contribution >= 4 is 32.3 Å². The number of aromatic nitrogens is 1. The van der Waals surface area contributed by atoms with Crippen LogP contribution in [0.4, 0.5) is 28.9 Å². The van der Waals surface area contributed by atoms with Gasteiger partial charge in [-0.2, -0.15) is 13.2 Å². The summed E-state index contributed by atoms with van der Waals surface area (Å²) >= 11 is 0. The number of benzene rings is 2. The van der Waals surface area contributed by atoms with Gasteiger partial charge in [0.1, 0.15) is 18.5 Å². The van der Waals surface area contributed by atoms with Crippen LogP contribution in [-0.2, 0) is 21.3 Å². The van der Waals surface area contributed by atoms with Crippen molar-refractivity contribution in [2.75, 3.05) is 70.8 Å². The molecule has 0 radical (unpaired) electrons. The number of alkyl halides is 4. The lowest BCUT2D eigenvalue weighted by molar-refractivity contribution is -0.140. The van der Waals surface area contributed by atoms with Crippen molar-refractivity contribution in [1.29, 1.82) is 0 Å². The predicted molar refractivity (Wildman–Crippen MR) is 176 cm³/mol. The number of β-amino-alcohol motifs (C(OH)–C–C–N with tert-alkyl or cyclic N) is 1. The van der Waals surface area contributed by atoms with Crippen molar-refractivity contribution in [1.82, 2.24) is 14.2 Å². The van der Waals surface area contributed by atoms with Gasteiger partial charge in [0.25, 0.3) is 0 Å². The summed E-state index contributed by atoms with van der Waals surface area (Å²) in [5, 5.41) is 35.0. The van der Waals surface area contributed by atoms with Gasteiger partial charge in [-0.1, -0.05) is 12.0 Å². The number of fused-ring (bicyclic) bond motifs is 1. The molecule has 1 aromatic heterocycles. The number of nitrogens with zero attached hydrogens (tertiary/aromatic N) is 2. The Hall–Kier alpha value is -3.63. The molecule has 4 atom stereocenters. The highest BCUT2D eigenvalue weighted by Gasteiger charge is 2.32. The summed E-state index contributed by atoms with van der Waals surface area (Å²) in [6.07, 6.45) is -7.43. The first-order valence-corrected chi connectivity index (χ1v) is 16.9. The summed E-state index contributed by atoms with van der Waals surface area (Å²) in [4.78, 5) is 1.66. The Kier molecular flexibility index (Phi) is 13.1. The van der Waals surface area contributed by atoms with E-state index in [0.717, 1.165) is 4.57 Å². The van der Waals surface area contributed by atoms with Crippen molar-refractivity contribution in [3.8, 4) is 17.6 Å². The number of nitrogens with one attached hydrogen (secondary N) is 3. The lowest BCUT2D eigenvalue weighted by atomic mass is 10.0. The number of hydrogen-bond acceptors (Lipinski definition) is 10. The van der Waals surface area contributed by atoms with Crippen LogP contribution in [0.25, 0.3) is 10.9 Å². The molecule has 17 heteroatoms. The zero-order chi connectivity index (χ0) is 35.8. The number of anilines is 2. The van der Waals surface area contributed by atoms with Crippen LogP contribution in [0, 0.1) is 11.8 Å². The third kappa shape index (κ3) is 10.4. The number of sulfonamides is 1. The molecule has 0 amide bonds. The van der Waals surface area contributed by atoms with E-state index in [1.54, 1.807) is 18.2 Å². The summed E-state index contributed by atoms with van der Waals surface area (Å²) in [6, 6.07) is 9.73. The minimum absolute atomic E-state index is 0.0385. The minimum Gasteiger partial charge on any atom is -0.495 e. The van der Waals surface area contributed by atoms with Crippen LogP contribution < -0.4 is 20.1 Å². The van der Waals surface area contributed by atoms with Crippen LogP contribution in [-0.4, -0.2) is 124 Å². The van der Waals surface area contributed by atoms with Gasteiger partial charge in [-0.15, -0.1) is 0 Å². The minimum atomic E-state index is -4.55. The fraction of sp³-hybridized carbons (Fsp3) is 0.500. The van der Waals surface area contributed by atoms with Crippen molar-refractivity contribution in [3.63, 3.8) is 0 Å². The summed E-state index contributed by atoms with van der Waals surface area (Å²) in [6.45, 7) is -1.33. The molecule has 1 fully saturated rings. The average Bonchev–Trinajstić information content (AvgIpc) is 3.39. The van der Waals surface area contributed by atoms with Crippen molar-refractivity contribution in [2.24, 2.45) is 0 Å². The average molecular weight is 716 g/mol. The largest absolute Gasteiger partial charge is 0.495 e. The Labute approximate surface area is 282 Å². The number of rotatable bonds is 15. The van der Waals surface area contributed by atoms with Crippen molar-refractivity contribution in [2.45, 2.75) is 48.5 Å². The Bertz CT molecular complexity index is 1730. The van der Waals surface area contributed by atoms with Crippen LogP contribution in [0.3, 0.4) is 0 Å². The van der Waals surface area contributed by atoms with Crippen LogP contribution in [0.15, 0.2) is 47.4 Å².